The number of pyridine rings is 1. The number of fused-ring (bicyclic) bond motifs is 4. The molecule has 3 N–H and O–H groups in total. The molecule has 8 rings (SSSR count). The number of benzene rings is 2. The maximum absolute atomic E-state index is 15.6. The molecule has 0 bridgehead atoms. The number of anilines is 1. The summed E-state index contributed by atoms with van der Waals surface area (Å²) in [6.07, 6.45) is -4.63. The molecular formula is C40H32ClF7N8O4S. The second-order valence-corrected chi connectivity index (χ2v) is 17.2. The summed E-state index contributed by atoms with van der Waals surface area (Å²) in [6.45, 7) is 1.98. The number of sulfonamides is 1. The Hall–Kier alpha value is -5.67. The Morgan fingerprint density at radius 2 is 1.84 bits per heavy atom. The zero-order valence-corrected chi connectivity index (χ0v) is 33.7. The van der Waals surface area contributed by atoms with E-state index >= 15 is 8.78 Å². The molecule has 5 aromatic rings. The lowest BCUT2D eigenvalue weighted by Crippen LogP contribution is -2.46. The van der Waals surface area contributed by atoms with Crippen molar-refractivity contribution in [2.75, 3.05) is 30.7 Å². The number of alkyl halides is 5. The van der Waals surface area contributed by atoms with Crippen LogP contribution in [-0.4, -0.2) is 70.4 Å². The van der Waals surface area contributed by atoms with E-state index in [0.717, 1.165) is 18.4 Å². The Balaban J connectivity index is 1.28. The Labute approximate surface area is 348 Å². The number of halogens is 8. The van der Waals surface area contributed by atoms with Gasteiger partial charge in [0.15, 0.2) is 11.5 Å². The van der Waals surface area contributed by atoms with E-state index in [-0.39, 0.29) is 44.3 Å². The van der Waals surface area contributed by atoms with Crippen molar-refractivity contribution in [2.45, 2.75) is 49.5 Å². The summed E-state index contributed by atoms with van der Waals surface area (Å²) in [5.74, 6) is 0.409. The van der Waals surface area contributed by atoms with Crippen molar-refractivity contribution in [2.24, 2.45) is 13.0 Å². The molecule has 3 aliphatic rings. The number of hydrogen-bond donors (Lipinski definition) is 3. The summed E-state index contributed by atoms with van der Waals surface area (Å²) in [5, 5.41) is 13.9. The van der Waals surface area contributed by atoms with Gasteiger partial charge in [-0.15, -0.1) is 0 Å². The highest BCUT2D eigenvalue weighted by molar-refractivity contribution is 7.92. The number of morpholine rings is 1. The zero-order valence-electron chi connectivity index (χ0n) is 32.1. The summed E-state index contributed by atoms with van der Waals surface area (Å²) in [7, 11) is -2.34. The monoisotopic (exact) mass is 888 g/mol. The number of aryl methyl sites for hydroxylation is 1. The number of aromatic nitrogens is 5. The van der Waals surface area contributed by atoms with Crippen LogP contribution >= 0.6 is 11.6 Å². The zero-order chi connectivity index (χ0) is 43.8. The summed E-state index contributed by atoms with van der Waals surface area (Å²) < 4.78 is 138. The van der Waals surface area contributed by atoms with Gasteiger partial charge in [-0.05, 0) is 55.2 Å². The standard InChI is InChI=1S/C40H32ClF7N8O4S/c1-38(19-49-12-13-60-38)11-10-23-4-5-24(25-7-9-28(41)32-34(25)55(2)53-37(32)54-61(3,58)59)33(50-23)29(16-20-14-21(42)17-22(43)15-20)51-30(57)18-56-36-31(35(52-56)40(46,47)48)26-6-8-27(26)39(36,44)45/h4-5,7,9,14-15,17,26-27,29,49H,12-13,16,18-19H2,1-3H3,(H,51,57)(H,53,54)/t26-,27+,29?,38+/m0/s1. The fourth-order valence-electron chi connectivity index (χ4n) is 7.82. The van der Waals surface area contributed by atoms with E-state index in [1.807, 2.05) is 0 Å². The fourth-order valence-corrected chi connectivity index (χ4v) is 8.56. The van der Waals surface area contributed by atoms with Gasteiger partial charge in [0.2, 0.25) is 15.9 Å². The third-order valence-corrected chi connectivity index (χ3v) is 11.3. The number of carbonyl (C=O) groups excluding carboxylic acids is 1. The van der Waals surface area contributed by atoms with Gasteiger partial charge in [0.05, 0.1) is 46.4 Å². The molecule has 21 heteroatoms. The topological polar surface area (TPSA) is 145 Å². The Kier molecular flexibility index (Phi) is 10.4. The smallest absolute Gasteiger partial charge is 0.360 e. The van der Waals surface area contributed by atoms with E-state index in [9.17, 15) is 35.2 Å². The molecule has 0 radical (unpaired) electrons. The lowest BCUT2D eigenvalue weighted by atomic mass is 9.84. The van der Waals surface area contributed by atoms with Crippen LogP contribution in [0, 0.1) is 41.2 Å². The molecule has 12 nitrogen and oxygen atoms in total. The molecule has 318 valence electrons. The Morgan fingerprint density at radius 3 is 2.48 bits per heavy atom. The minimum Gasteiger partial charge on any atom is -0.360 e. The molecule has 3 aromatic heterocycles. The average molecular weight is 889 g/mol. The van der Waals surface area contributed by atoms with E-state index in [2.05, 4.69) is 49.2 Å². The molecule has 4 atom stereocenters. The molecule has 2 aliphatic carbocycles. The summed E-state index contributed by atoms with van der Waals surface area (Å²) in [5.41, 5.74) is -3.45. The van der Waals surface area contributed by atoms with Gasteiger partial charge in [-0.2, -0.15) is 32.1 Å². The van der Waals surface area contributed by atoms with Gasteiger partial charge >= 0.3 is 12.1 Å². The van der Waals surface area contributed by atoms with Gasteiger partial charge in [-0.1, -0.05) is 35.4 Å². The van der Waals surface area contributed by atoms with Gasteiger partial charge in [0.1, 0.15) is 41.1 Å². The number of rotatable bonds is 9. The fraction of sp³-hybridized carbons (Fsp3) is 0.350. The van der Waals surface area contributed by atoms with Gasteiger partial charge in [-0.3, -0.25) is 18.9 Å². The number of nitrogens with one attached hydrogen (secondary N) is 3. The normalized spacial score (nSPS) is 20.7. The largest absolute Gasteiger partial charge is 0.435 e. The highest BCUT2D eigenvalue weighted by Gasteiger charge is 2.62. The highest BCUT2D eigenvalue weighted by Crippen LogP contribution is 2.58. The van der Waals surface area contributed by atoms with E-state index in [1.54, 1.807) is 25.1 Å². The number of nitrogens with zero attached hydrogens (tertiary/aromatic N) is 5. The molecule has 1 unspecified atom stereocenters. The van der Waals surface area contributed by atoms with Gasteiger partial charge in [0, 0.05) is 42.9 Å². The molecule has 0 spiro atoms. The predicted molar refractivity (Wildman–Crippen MR) is 208 cm³/mol. The number of hydrogen-bond acceptors (Lipinski definition) is 8. The third kappa shape index (κ3) is 8.00. The molecule has 61 heavy (non-hydrogen) atoms. The van der Waals surface area contributed by atoms with Gasteiger partial charge < -0.3 is 15.4 Å². The van der Waals surface area contributed by atoms with Crippen LogP contribution in [0.3, 0.4) is 0 Å². The Bertz CT molecular complexity index is 2870. The van der Waals surface area contributed by atoms with Crippen molar-refractivity contribution in [3.8, 4) is 34.8 Å². The molecule has 1 aliphatic heterocycles. The molecule has 2 aromatic carbocycles. The van der Waals surface area contributed by atoms with Crippen molar-refractivity contribution in [1.29, 1.82) is 0 Å². The molecular weight excluding hydrogens is 857 g/mol. The SMILES string of the molecule is Cn1nc(NS(C)(=O)=O)c2c(Cl)ccc(-c3ccc(C#C[C@]4(C)CNCCO4)nc3C(Cc3cc(F)cc(F)c3)NC(=O)Cn3nc(C(F)(F)F)c4c3C(F)(F)[C@@H]3C#C[C@H]43)c21. The molecule has 1 fully saturated rings. The van der Waals surface area contributed by atoms with E-state index in [0.29, 0.717) is 36.0 Å². The predicted octanol–water partition coefficient (Wildman–Crippen LogP) is 5.81. The third-order valence-electron chi connectivity index (χ3n) is 10.4. The van der Waals surface area contributed by atoms with Gasteiger partial charge in [-0.25, -0.2) is 22.2 Å². The van der Waals surface area contributed by atoms with E-state index in [1.165, 1.54) is 17.8 Å². The second-order valence-electron chi connectivity index (χ2n) is 15.0. The Morgan fingerprint density at radius 1 is 1.11 bits per heavy atom. The van der Waals surface area contributed by atoms with Crippen LogP contribution in [0.1, 0.15) is 52.8 Å². The minimum absolute atomic E-state index is 0.00134. The van der Waals surface area contributed by atoms with Crippen LogP contribution in [0.15, 0.2) is 42.5 Å². The molecule has 0 saturated carbocycles. The summed E-state index contributed by atoms with van der Waals surface area (Å²) in [6, 6.07) is 7.37. The van der Waals surface area contributed by atoms with Crippen molar-refractivity contribution >= 4 is 44.3 Å². The summed E-state index contributed by atoms with van der Waals surface area (Å²) >= 11 is 6.61. The summed E-state index contributed by atoms with van der Waals surface area (Å²) in [4.78, 5) is 18.9. The van der Waals surface area contributed by atoms with Crippen molar-refractivity contribution in [3.05, 3.63) is 93.0 Å². The number of carbonyl (C=O) groups is 1. The van der Waals surface area contributed by atoms with Gasteiger partial charge in [0.25, 0.3) is 0 Å². The van der Waals surface area contributed by atoms with E-state index in [4.69, 9.17) is 21.3 Å². The van der Waals surface area contributed by atoms with Crippen LogP contribution in [0.25, 0.3) is 22.0 Å². The second kappa shape index (κ2) is 15.0. The first-order valence-electron chi connectivity index (χ1n) is 18.5. The van der Waals surface area contributed by atoms with Crippen LogP contribution in [-0.2, 0) is 51.7 Å². The lowest BCUT2D eigenvalue weighted by molar-refractivity contribution is -0.142. The average Bonchev–Trinajstić information content (AvgIpc) is 3.71. The first-order valence-corrected chi connectivity index (χ1v) is 20.7. The molecule has 4 heterocycles. The first kappa shape index (κ1) is 42.0. The lowest BCUT2D eigenvalue weighted by Gasteiger charge is -2.29. The van der Waals surface area contributed by atoms with Crippen LogP contribution in [0.2, 0.25) is 5.02 Å². The number of amides is 1. The first-order chi connectivity index (χ1) is 28.6. The van der Waals surface area contributed by atoms with Crippen LogP contribution in [0.4, 0.5) is 36.6 Å². The van der Waals surface area contributed by atoms with E-state index < -0.39 is 93.1 Å². The molecule has 1 saturated heterocycles. The van der Waals surface area contributed by atoms with Crippen LogP contribution < -0.4 is 15.4 Å². The quantitative estimate of drug-likeness (QED) is 0.124. The van der Waals surface area contributed by atoms with Crippen molar-refractivity contribution in [1.82, 2.24) is 35.2 Å². The highest BCUT2D eigenvalue weighted by atomic mass is 35.5. The maximum atomic E-state index is 15.6. The minimum atomic E-state index is -5.15. The maximum Gasteiger partial charge on any atom is 0.435 e. The number of ether oxygens (including phenoxy) is 1. The van der Waals surface area contributed by atoms with Crippen LogP contribution in [0.5, 0.6) is 0 Å². The van der Waals surface area contributed by atoms with Crippen molar-refractivity contribution in [3.63, 3.8) is 0 Å². The van der Waals surface area contributed by atoms with Crippen molar-refractivity contribution < 1.29 is 48.7 Å². The molecule has 1 amide bonds.